The lowest BCUT2D eigenvalue weighted by molar-refractivity contribution is -0.239. The second-order valence-corrected chi connectivity index (χ2v) is 8.29. The molecule has 3 aliphatic heterocycles. The van der Waals surface area contributed by atoms with Crippen LogP contribution in [-0.2, 0) is 41.8 Å². The molecule has 5 rings (SSSR count). The van der Waals surface area contributed by atoms with Crippen LogP contribution >= 0.6 is 0 Å². The second kappa shape index (κ2) is 8.47. The van der Waals surface area contributed by atoms with Crippen molar-refractivity contribution in [1.82, 2.24) is 0 Å². The minimum absolute atomic E-state index is 0.0196. The first-order valence-corrected chi connectivity index (χ1v) is 10.7. The van der Waals surface area contributed by atoms with Crippen LogP contribution < -0.4 is 0 Å². The SMILES string of the molecule is O=C1[C@@H]2C=CO[C@@]1(COCc1ccccc1)[C@@H]1C=CC(=O)[C@@]2(COCc2ccccc2)O1. The van der Waals surface area contributed by atoms with Gasteiger partial charge in [-0.15, -0.1) is 0 Å². The molecule has 4 atom stereocenters. The average Bonchev–Trinajstić information content (AvgIpc) is 2.82. The third-order valence-electron chi connectivity index (χ3n) is 6.24. The van der Waals surface area contributed by atoms with Crippen LogP contribution in [0.5, 0.6) is 0 Å². The molecule has 3 aliphatic rings. The molecule has 0 radical (unpaired) electrons. The largest absolute Gasteiger partial charge is 0.482 e. The van der Waals surface area contributed by atoms with Gasteiger partial charge in [0.2, 0.25) is 5.60 Å². The van der Waals surface area contributed by atoms with E-state index in [9.17, 15) is 9.59 Å². The van der Waals surface area contributed by atoms with Crippen molar-refractivity contribution in [2.45, 2.75) is 30.5 Å². The van der Waals surface area contributed by atoms with E-state index in [1.165, 1.54) is 12.3 Å². The molecule has 1 saturated heterocycles. The molecule has 0 unspecified atom stereocenters. The summed E-state index contributed by atoms with van der Waals surface area (Å²) in [7, 11) is 0. The minimum Gasteiger partial charge on any atom is -0.482 e. The summed E-state index contributed by atoms with van der Waals surface area (Å²) in [5.74, 6) is -1.29. The fourth-order valence-electron chi connectivity index (χ4n) is 4.51. The number of benzene rings is 2. The van der Waals surface area contributed by atoms with Gasteiger partial charge in [0.25, 0.3) is 0 Å². The predicted octanol–water partition coefficient (Wildman–Crippen LogP) is 3.16. The van der Waals surface area contributed by atoms with Crippen LogP contribution in [0.25, 0.3) is 0 Å². The van der Waals surface area contributed by atoms with Gasteiger partial charge in [-0.3, -0.25) is 9.59 Å². The van der Waals surface area contributed by atoms with Gasteiger partial charge in [0.05, 0.1) is 38.6 Å². The van der Waals surface area contributed by atoms with Crippen molar-refractivity contribution < 1.29 is 28.5 Å². The zero-order chi connectivity index (χ0) is 22.0. The molecule has 6 heteroatoms. The molecule has 2 aromatic rings. The van der Waals surface area contributed by atoms with Crippen molar-refractivity contribution in [1.29, 1.82) is 0 Å². The van der Waals surface area contributed by atoms with E-state index in [-0.39, 0.29) is 24.8 Å². The number of carbonyl (C=O) groups is 2. The number of rotatable bonds is 8. The standard InChI is InChI=1S/C26H24O6/c27-22-11-12-23-26(18-30-16-20-9-5-2-6-10-20)24(28)21(13-14-31-26)25(22,32-23)17-29-15-19-7-3-1-4-8-19/h1-14,21,23H,15-18H2/t21-,23-,25-,26-/m0/s1. The molecule has 32 heavy (non-hydrogen) atoms. The van der Waals surface area contributed by atoms with Gasteiger partial charge in [0.15, 0.2) is 17.2 Å². The highest BCUT2D eigenvalue weighted by Gasteiger charge is 2.67. The summed E-state index contributed by atoms with van der Waals surface area (Å²) in [6.45, 7) is 0.656. The number of Topliss-reactive ketones (excluding diaryl/α,β-unsaturated/α-hetero) is 1. The molecule has 0 aromatic heterocycles. The summed E-state index contributed by atoms with van der Waals surface area (Å²) in [5, 5.41) is 0. The average molecular weight is 432 g/mol. The quantitative estimate of drug-likeness (QED) is 0.638. The third-order valence-corrected chi connectivity index (χ3v) is 6.24. The first-order valence-electron chi connectivity index (χ1n) is 10.7. The highest BCUT2D eigenvalue weighted by atomic mass is 16.6. The van der Waals surface area contributed by atoms with Crippen molar-refractivity contribution in [2.24, 2.45) is 5.92 Å². The van der Waals surface area contributed by atoms with Crippen LogP contribution in [0.4, 0.5) is 0 Å². The minimum atomic E-state index is -1.39. The van der Waals surface area contributed by atoms with Crippen LogP contribution in [0.2, 0.25) is 0 Å². The van der Waals surface area contributed by atoms with Crippen molar-refractivity contribution in [3.63, 3.8) is 0 Å². The summed E-state index contributed by atoms with van der Waals surface area (Å²) >= 11 is 0. The predicted molar refractivity (Wildman–Crippen MR) is 115 cm³/mol. The van der Waals surface area contributed by atoms with E-state index in [1.807, 2.05) is 60.7 Å². The molecule has 2 aromatic carbocycles. The Bertz CT molecular complexity index is 1050. The van der Waals surface area contributed by atoms with Crippen LogP contribution in [0.15, 0.2) is 85.2 Å². The maximum Gasteiger partial charge on any atom is 0.219 e. The molecule has 0 amide bonds. The van der Waals surface area contributed by atoms with E-state index in [1.54, 1.807) is 12.2 Å². The molecule has 6 nitrogen and oxygen atoms in total. The summed E-state index contributed by atoms with van der Waals surface area (Å²) in [6.07, 6.45) is 5.42. The van der Waals surface area contributed by atoms with Crippen LogP contribution in [0.3, 0.4) is 0 Å². The van der Waals surface area contributed by atoms with Gasteiger partial charge in [-0.2, -0.15) is 0 Å². The number of hydrogen-bond donors (Lipinski definition) is 0. The molecule has 0 aliphatic carbocycles. The van der Waals surface area contributed by atoms with Crippen molar-refractivity contribution >= 4 is 11.6 Å². The summed E-state index contributed by atoms with van der Waals surface area (Å²) in [5.41, 5.74) is -0.746. The number of fused-ring (bicyclic) bond motifs is 6. The number of ketones is 2. The Labute approximate surface area is 186 Å². The number of ether oxygens (including phenoxy) is 4. The van der Waals surface area contributed by atoms with Gasteiger partial charge < -0.3 is 18.9 Å². The van der Waals surface area contributed by atoms with E-state index in [0.717, 1.165) is 11.1 Å². The maximum atomic E-state index is 13.6. The molecular formula is C26H24O6. The van der Waals surface area contributed by atoms with Crippen LogP contribution in [0, 0.1) is 5.92 Å². The lowest BCUT2D eigenvalue weighted by Gasteiger charge is -2.53. The van der Waals surface area contributed by atoms with Gasteiger partial charge in [-0.05, 0) is 29.4 Å². The van der Waals surface area contributed by atoms with E-state index in [4.69, 9.17) is 18.9 Å². The first-order chi connectivity index (χ1) is 15.6. The van der Waals surface area contributed by atoms with E-state index in [2.05, 4.69) is 0 Å². The number of carbonyl (C=O) groups excluding carboxylic acids is 2. The number of hydrogen-bond acceptors (Lipinski definition) is 6. The van der Waals surface area contributed by atoms with Gasteiger partial charge in [-0.1, -0.05) is 60.7 Å². The van der Waals surface area contributed by atoms with E-state index in [0.29, 0.717) is 13.2 Å². The summed E-state index contributed by atoms with van der Waals surface area (Å²) in [4.78, 5) is 26.6. The maximum absolute atomic E-state index is 13.6. The van der Waals surface area contributed by atoms with E-state index >= 15 is 0 Å². The molecule has 4 bridgehead atoms. The molecule has 164 valence electrons. The lowest BCUT2D eigenvalue weighted by Crippen LogP contribution is -2.73. The third kappa shape index (κ3) is 3.50. The summed E-state index contributed by atoms with van der Waals surface area (Å²) < 4.78 is 23.9. The lowest BCUT2D eigenvalue weighted by atomic mass is 9.67. The summed E-state index contributed by atoms with van der Waals surface area (Å²) in [6, 6.07) is 19.4. The van der Waals surface area contributed by atoms with E-state index < -0.39 is 23.2 Å². The fraction of sp³-hybridized carbons (Fsp3) is 0.308. The van der Waals surface area contributed by atoms with Gasteiger partial charge in [-0.25, -0.2) is 0 Å². The highest BCUT2D eigenvalue weighted by Crippen LogP contribution is 2.46. The van der Waals surface area contributed by atoms with Crippen molar-refractivity contribution in [3.05, 3.63) is 96.3 Å². The van der Waals surface area contributed by atoms with Gasteiger partial charge >= 0.3 is 0 Å². The molecular weight excluding hydrogens is 408 g/mol. The Morgan fingerprint density at radius 2 is 1.38 bits per heavy atom. The fourth-order valence-corrected chi connectivity index (χ4v) is 4.51. The van der Waals surface area contributed by atoms with Gasteiger partial charge in [0.1, 0.15) is 6.10 Å². The zero-order valence-corrected chi connectivity index (χ0v) is 17.5. The van der Waals surface area contributed by atoms with Crippen LogP contribution in [0.1, 0.15) is 11.1 Å². The second-order valence-electron chi connectivity index (χ2n) is 8.29. The Balaban J connectivity index is 1.35. The van der Waals surface area contributed by atoms with Crippen molar-refractivity contribution in [3.8, 4) is 0 Å². The molecule has 3 heterocycles. The Morgan fingerprint density at radius 1 is 0.781 bits per heavy atom. The molecule has 0 spiro atoms. The first kappa shape index (κ1) is 20.8. The van der Waals surface area contributed by atoms with Crippen molar-refractivity contribution in [2.75, 3.05) is 13.2 Å². The highest BCUT2D eigenvalue weighted by molar-refractivity contribution is 6.07. The molecule has 0 N–H and O–H groups in total. The molecule has 1 fully saturated rings. The van der Waals surface area contributed by atoms with Gasteiger partial charge in [0, 0.05) is 0 Å². The monoisotopic (exact) mass is 432 g/mol. The topological polar surface area (TPSA) is 71.1 Å². The Hall–Kier alpha value is -3.06. The zero-order valence-electron chi connectivity index (χ0n) is 17.5. The smallest absolute Gasteiger partial charge is 0.219 e. The molecule has 0 saturated carbocycles. The van der Waals surface area contributed by atoms with Crippen LogP contribution in [-0.4, -0.2) is 42.1 Å². The normalized spacial score (nSPS) is 30.2. The Morgan fingerprint density at radius 3 is 2.00 bits per heavy atom. The Kier molecular flexibility index (Phi) is 5.51.